The monoisotopic (exact) mass is 929 g/mol. The molecule has 5 heteroatoms. The molecule has 0 bridgehead atoms. The Hall–Kier alpha value is -1.62. The Balaban J connectivity index is 3.36. The van der Waals surface area contributed by atoms with Crippen molar-refractivity contribution in [3.8, 4) is 0 Å². The number of aliphatic hydroxyl groups is 1. The molecule has 0 amide bonds. The number of rotatable bonds is 56. The number of unbranched alkanes of at least 4 members (excludes halogenated alkanes) is 44. The van der Waals surface area contributed by atoms with E-state index in [-0.39, 0.29) is 25.2 Å². The van der Waals surface area contributed by atoms with Gasteiger partial charge in [-0.15, -0.1) is 0 Å². The zero-order valence-corrected chi connectivity index (χ0v) is 44.7. The number of hydrogen-bond acceptors (Lipinski definition) is 5. The van der Waals surface area contributed by atoms with E-state index >= 15 is 0 Å². The minimum absolute atomic E-state index is 0.0578. The van der Waals surface area contributed by atoms with Crippen molar-refractivity contribution < 1.29 is 24.2 Å². The Bertz CT molecular complexity index is 1010. The van der Waals surface area contributed by atoms with E-state index in [4.69, 9.17) is 9.47 Å². The molecule has 0 heterocycles. The lowest BCUT2D eigenvalue weighted by atomic mass is 10.0. The van der Waals surface area contributed by atoms with E-state index in [9.17, 15) is 14.7 Å². The van der Waals surface area contributed by atoms with Gasteiger partial charge in [-0.2, -0.15) is 0 Å². The zero-order chi connectivity index (χ0) is 47.7. The van der Waals surface area contributed by atoms with Crippen molar-refractivity contribution in [1.29, 1.82) is 0 Å². The quantitative estimate of drug-likeness (QED) is 0.0374. The van der Waals surface area contributed by atoms with Crippen molar-refractivity contribution in [3.63, 3.8) is 0 Å². The van der Waals surface area contributed by atoms with Gasteiger partial charge in [-0.25, -0.2) is 0 Å². The second-order valence-electron chi connectivity index (χ2n) is 20.4. The van der Waals surface area contributed by atoms with E-state index in [2.05, 4.69) is 38.2 Å². The summed E-state index contributed by atoms with van der Waals surface area (Å²) >= 11 is 0. The Labute approximate surface area is 413 Å². The first-order valence-electron chi connectivity index (χ1n) is 29.9. The Kier molecular flexibility index (Phi) is 56.3. The second kappa shape index (κ2) is 57.7. The molecule has 66 heavy (non-hydrogen) atoms. The maximum Gasteiger partial charge on any atom is 0.306 e. The van der Waals surface area contributed by atoms with E-state index in [0.717, 1.165) is 38.5 Å². The zero-order valence-electron chi connectivity index (χ0n) is 44.7. The summed E-state index contributed by atoms with van der Waals surface area (Å²) in [5, 5.41) is 9.64. The molecular formula is C61H116O5. The summed E-state index contributed by atoms with van der Waals surface area (Å²) in [4.78, 5) is 24.5. The van der Waals surface area contributed by atoms with Gasteiger partial charge in [0.2, 0.25) is 0 Å². The van der Waals surface area contributed by atoms with Crippen LogP contribution in [0.2, 0.25) is 0 Å². The summed E-state index contributed by atoms with van der Waals surface area (Å²) in [6.45, 7) is 4.18. The van der Waals surface area contributed by atoms with Gasteiger partial charge in [-0.05, 0) is 44.9 Å². The number of allylic oxidation sites excluding steroid dienone is 4. The Morgan fingerprint density at radius 1 is 0.348 bits per heavy atom. The molecule has 0 saturated carbocycles. The topological polar surface area (TPSA) is 72.8 Å². The molecule has 0 radical (unpaired) electrons. The van der Waals surface area contributed by atoms with Gasteiger partial charge in [0.15, 0.2) is 6.10 Å². The highest BCUT2D eigenvalue weighted by atomic mass is 16.6. The van der Waals surface area contributed by atoms with Crippen molar-refractivity contribution in [2.24, 2.45) is 0 Å². The number of esters is 2. The number of carbonyl (C=O) groups excluding carboxylic acids is 2. The minimum Gasteiger partial charge on any atom is -0.462 e. The van der Waals surface area contributed by atoms with Crippen LogP contribution >= 0.6 is 0 Å². The fraction of sp³-hybridized carbons (Fsp3) is 0.902. The summed E-state index contributed by atoms with van der Waals surface area (Å²) in [6, 6.07) is 0. The number of aliphatic hydroxyl groups excluding tert-OH is 1. The molecule has 1 N–H and O–H groups in total. The van der Waals surface area contributed by atoms with Crippen LogP contribution in [0.15, 0.2) is 24.3 Å². The highest BCUT2D eigenvalue weighted by Crippen LogP contribution is 2.18. The predicted octanol–water partition coefficient (Wildman–Crippen LogP) is 20.1. The highest BCUT2D eigenvalue weighted by Gasteiger charge is 2.16. The Morgan fingerprint density at radius 3 is 0.894 bits per heavy atom. The molecule has 1 unspecified atom stereocenters. The standard InChI is InChI=1S/C61H116O5/c1-3-5-7-9-11-13-15-17-19-20-21-22-23-24-25-26-27-28-29-30-31-32-33-34-35-36-37-38-39-40-42-44-46-48-50-52-54-56-61(64)66-59(57-62)58-65-60(63)55-53-51-49-47-45-43-41-18-16-14-12-10-8-6-4-2/h15,17,20-21,59,62H,3-14,16,18-19,22-58H2,1-2H3/b17-15-,21-20-. The predicted molar refractivity (Wildman–Crippen MR) is 288 cm³/mol. The van der Waals surface area contributed by atoms with E-state index in [1.165, 1.54) is 270 Å². The summed E-state index contributed by atoms with van der Waals surface area (Å²) in [7, 11) is 0. The maximum absolute atomic E-state index is 12.3. The van der Waals surface area contributed by atoms with Crippen LogP contribution in [0.25, 0.3) is 0 Å². The minimum atomic E-state index is -0.765. The van der Waals surface area contributed by atoms with Crippen LogP contribution in [0.5, 0.6) is 0 Å². The number of ether oxygens (including phenoxy) is 2. The van der Waals surface area contributed by atoms with Gasteiger partial charge in [0.05, 0.1) is 6.61 Å². The molecule has 0 aliphatic heterocycles. The van der Waals surface area contributed by atoms with Gasteiger partial charge in [-0.3, -0.25) is 9.59 Å². The van der Waals surface area contributed by atoms with Crippen LogP contribution in [-0.4, -0.2) is 36.4 Å². The fourth-order valence-corrected chi connectivity index (χ4v) is 9.24. The molecule has 390 valence electrons. The fourth-order valence-electron chi connectivity index (χ4n) is 9.24. The van der Waals surface area contributed by atoms with E-state index in [0.29, 0.717) is 12.8 Å². The second-order valence-corrected chi connectivity index (χ2v) is 20.4. The summed E-state index contributed by atoms with van der Waals surface area (Å²) in [5.41, 5.74) is 0. The average molecular weight is 930 g/mol. The third kappa shape index (κ3) is 55.0. The van der Waals surface area contributed by atoms with Gasteiger partial charge < -0.3 is 14.6 Å². The van der Waals surface area contributed by atoms with Gasteiger partial charge in [0.25, 0.3) is 0 Å². The normalized spacial score (nSPS) is 12.2. The van der Waals surface area contributed by atoms with Gasteiger partial charge >= 0.3 is 11.9 Å². The summed E-state index contributed by atoms with van der Waals surface area (Å²) in [5.74, 6) is -0.569. The van der Waals surface area contributed by atoms with E-state index < -0.39 is 6.10 Å². The van der Waals surface area contributed by atoms with E-state index in [1.807, 2.05) is 0 Å². The third-order valence-electron chi connectivity index (χ3n) is 13.7. The van der Waals surface area contributed by atoms with Crippen LogP contribution in [0.3, 0.4) is 0 Å². The molecule has 0 aromatic carbocycles. The molecule has 0 saturated heterocycles. The number of hydrogen-bond donors (Lipinski definition) is 1. The van der Waals surface area contributed by atoms with Crippen molar-refractivity contribution in [2.45, 2.75) is 341 Å². The molecule has 5 nitrogen and oxygen atoms in total. The van der Waals surface area contributed by atoms with Gasteiger partial charge in [0.1, 0.15) is 6.61 Å². The van der Waals surface area contributed by atoms with Crippen LogP contribution < -0.4 is 0 Å². The molecule has 0 aromatic heterocycles. The van der Waals surface area contributed by atoms with Crippen molar-refractivity contribution in [3.05, 3.63) is 24.3 Å². The molecule has 0 aromatic rings. The number of carbonyl (C=O) groups is 2. The first kappa shape index (κ1) is 64.4. The lowest BCUT2D eigenvalue weighted by Crippen LogP contribution is -2.28. The molecular weight excluding hydrogens is 813 g/mol. The molecule has 0 aliphatic carbocycles. The van der Waals surface area contributed by atoms with Crippen LogP contribution in [0, 0.1) is 0 Å². The molecule has 0 rings (SSSR count). The summed E-state index contributed by atoms with van der Waals surface area (Å²) < 4.78 is 10.7. The lowest BCUT2D eigenvalue weighted by Gasteiger charge is -2.15. The van der Waals surface area contributed by atoms with Crippen molar-refractivity contribution >= 4 is 11.9 Å². The largest absolute Gasteiger partial charge is 0.462 e. The maximum atomic E-state index is 12.3. The van der Waals surface area contributed by atoms with Crippen molar-refractivity contribution in [2.75, 3.05) is 13.2 Å². The third-order valence-corrected chi connectivity index (χ3v) is 13.7. The highest BCUT2D eigenvalue weighted by molar-refractivity contribution is 5.70. The SMILES string of the molecule is CCCCCCC/C=C\C/C=C\CCCCCCCCCCCCCCCCCCCCCCCCCCCC(=O)OC(CO)COC(=O)CCCCCCCCCCCCCCCCC. The van der Waals surface area contributed by atoms with Gasteiger partial charge in [-0.1, -0.05) is 301 Å². The summed E-state index contributed by atoms with van der Waals surface area (Å²) in [6.07, 6.45) is 73.3. The molecule has 0 aliphatic rings. The Morgan fingerprint density at radius 2 is 0.606 bits per heavy atom. The van der Waals surface area contributed by atoms with Crippen LogP contribution in [-0.2, 0) is 19.1 Å². The average Bonchev–Trinajstić information content (AvgIpc) is 3.32. The first-order chi connectivity index (χ1) is 32.6. The van der Waals surface area contributed by atoms with Crippen molar-refractivity contribution in [1.82, 2.24) is 0 Å². The molecule has 0 spiro atoms. The van der Waals surface area contributed by atoms with E-state index in [1.54, 1.807) is 0 Å². The van der Waals surface area contributed by atoms with Crippen LogP contribution in [0.1, 0.15) is 335 Å². The molecule has 1 atom stereocenters. The first-order valence-corrected chi connectivity index (χ1v) is 29.9. The van der Waals surface area contributed by atoms with Gasteiger partial charge in [0, 0.05) is 12.8 Å². The molecule has 0 fully saturated rings. The van der Waals surface area contributed by atoms with Crippen LogP contribution in [0.4, 0.5) is 0 Å². The smallest absolute Gasteiger partial charge is 0.306 e. The lowest BCUT2D eigenvalue weighted by molar-refractivity contribution is -0.161.